The zero-order valence-electron chi connectivity index (χ0n) is 10.2. The lowest BCUT2D eigenvalue weighted by atomic mass is 9.79. The lowest BCUT2D eigenvalue weighted by molar-refractivity contribution is 0.00488. The minimum Gasteiger partial charge on any atom is -0.388 e. The van der Waals surface area contributed by atoms with Crippen LogP contribution >= 0.6 is 0 Å². The molecule has 1 aliphatic rings. The summed E-state index contributed by atoms with van der Waals surface area (Å²) in [5, 5.41) is 13.4. The van der Waals surface area contributed by atoms with Crippen molar-refractivity contribution in [2.45, 2.75) is 38.2 Å². The number of nitrogens with one attached hydrogen (secondary N) is 1. The molecular weight excluding hydrogens is 216 g/mol. The molecule has 1 aliphatic carbocycles. The molecule has 4 N–H and O–H groups in total. The van der Waals surface area contributed by atoms with Crippen LogP contribution in [0, 0.1) is 5.92 Å². The maximum Gasteiger partial charge on any atom is 0.224 e. The molecule has 1 fully saturated rings. The van der Waals surface area contributed by atoms with Crippen LogP contribution in [0.3, 0.4) is 0 Å². The van der Waals surface area contributed by atoms with E-state index in [1.807, 2.05) is 0 Å². The summed E-state index contributed by atoms with van der Waals surface area (Å²) >= 11 is 0. The monoisotopic (exact) mass is 236 g/mol. The third kappa shape index (κ3) is 3.30. The van der Waals surface area contributed by atoms with Crippen molar-refractivity contribution in [2.75, 3.05) is 17.6 Å². The first-order chi connectivity index (χ1) is 8.07. The minimum atomic E-state index is -0.625. The van der Waals surface area contributed by atoms with Crippen LogP contribution in [0.2, 0.25) is 0 Å². The molecule has 5 nitrogen and oxygen atoms in total. The van der Waals surface area contributed by atoms with Crippen molar-refractivity contribution in [1.29, 1.82) is 0 Å². The van der Waals surface area contributed by atoms with Gasteiger partial charge in [-0.1, -0.05) is 6.92 Å². The van der Waals surface area contributed by atoms with Crippen molar-refractivity contribution in [3.8, 4) is 0 Å². The second-order valence-electron chi connectivity index (χ2n) is 5.07. The van der Waals surface area contributed by atoms with E-state index in [1.54, 1.807) is 12.3 Å². The Kier molecular flexibility index (Phi) is 3.47. The van der Waals surface area contributed by atoms with Crippen molar-refractivity contribution in [2.24, 2.45) is 5.92 Å². The third-order valence-electron chi connectivity index (χ3n) is 3.46. The number of nitrogens with zero attached hydrogens (tertiary/aromatic N) is 2. The van der Waals surface area contributed by atoms with Gasteiger partial charge in [0.1, 0.15) is 5.82 Å². The van der Waals surface area contributed by atoms with Crippen molar-refractivity contribution in [3.63, 3.8) is 0 Å². The van der Waals surface area contributed by atoms with Crippen LogP contribution in [-0.2, 0) is 0 Å². The topological polar surface area (TPSA) is 84.1 Å². The highest BCUT2D eigenvalue weighted by molar-refractivity contribution is 5.35. The highest BCUT2D eigenvalue weighted by Crippen LogP contribution is 2.31. The van der Waals surface area contributed by atoms with E-state index in [4.69, 9.17) is 5.73 Å². The van der Waals surface area contributed by atoms with E-state index in [-0.39, 0.29) is 0 Å². The maximum atomic E-state index is 10.4. The van der Waals surface area contributed by atoms with Crippen LogP contribution in [0.25, 0.3) is 0 Å². The fourth-order valence-electron chi connectivity index (χ4n) is 2.18. The Labute approximate surface area is 101 Å². The summed E-state index contributed by atoms with van der Waals surface area (Å²) in [6, 6.07) is 1.64. The lowest BCUT2D eigenvalue weighted by Crippen LogP contribution is -2.40. The van der Waals surface area contributed by atoms with Gasteiger partial charge in [0, 0.05) is 12.7 Å². The van der Waals surface area contributed by atoms with Crippen molar-refractivity contribution >= 4 is 11.8 Å². The van der Waals surface area contributed by atoms with E-state index in [2.05, 4.69) is 22.2 Å². The molecule has 2 rings (SSSR count). The SMILES string of the molecule is CC1CCC(O)(CNc2nccc(N)n2)CC1. The first-order valence-electron chi connectivity index (χ1n) is 6.12. The van der Waals surface area contributed by atoms with E-state index in [0.717, 1.165) is 31.6 Å². The number of hydrogen-bond acceptors (Lipinski definition) is 5. The highest BCUT2D eigenvalue weighted by Gasteiger charge is 2.31. The maximum absolute atomic E-state index is 10.4. The number of anilines is 2. The van der Waals surface area contributed by atoms with E-state index < -0.39 is 5.60 Å². The zero-order chi connectivity index (χ0) is 12.3. The summed E-state index contributed by atoms with van der Waals surface area (Å²) in [6.07, 6.45) is 5.44. The molecule has 0 unspecified atom stereocenters. The second kappa shape index (κ2) is 4.87. The quantitative estimate of drug-likeness (QED) is 0.739. The Balaban J connectivity index is 1.89. The molecule has 5 heteroatoms. The Morgan fingerprint density at radius 3 is 2.88 bits per heavy atom. The predicted molar refractivity (Wildman–Crippen MR) is 67.5 cm³/mol. The van der Waals surface area contributed by atoms with Gasteiger partial charge < -0.3 is 16.2 Å². The van der Waals surface area contributed by atoms with Crippen LogP contribution in [0.4, 0.5) is 11.8 Å². The van der Waals surface area contributed by atoms with Gasteiger partial charge in [0.05, 0.1) is 5.60 Å². The zero-order valence-corrected chi connectivity index (χ0v) is 10.2. The molecular formula is C12H20N4O. The van der Waals surface area contributed by atoms with Gasteiger partial charge in [-0.05, 0) is 37.7 Å². The lowest BCUT2D eigenvalue weighted by Gasteiger charge is -2.34. The van der Waals surface area contributed by atoms with Gasteiger partial charge >= 0.3 is 0 Å². The van der Waals surface area contributed by atoms with E-state index in [0.29, 0.717) is 18.3 Å². The Bertz CT molecular complexity index is 375. The van der Waals surface area contributed by atoms with Crippen LogP contribution in [0.15, 0.2) is 12.3 Å². The normalized spacial score (nSPS) is 28.9. The molecule has 17 heavy (non-hydrogen) atoms. The molecule has 0 aromatic carbocycles. The summed E-state index contributed by atoms with van der Waals surface area (Å²) in [4.78, 5) is 8.10. The molecule has 0 aliphatic heterocycles. The molecule has 94 valence electrons. The standard InChI is InChI=1S/C12H20N4O/c1-9-2-5-12(17,6-3-9)8-15-11-14-7-4-10(13)16-11/h4,7,9,17H,2-3,5-6,8H2,1H3,(H3,13,14,15,16). The molecule has 1 aromatic heterocycles. The number of nitrogens with two attached hydrogens (primary N) is 1. The van der Waals surface area contributed by atoms with Gasteiger partial charge in [0.15, 0.2) is 0 Å². The summed E-state index contributed by atoms with van der Waals surface area (Å²) in [5.41, 5.74) is 4.94. The molecule has 0 saturated heterocycles. The molecule has 0 spiro atoms. The van der Waals surface area contributed by atoms with E-state index in [1.165, 1.54) is 0 Å². The van der Waals surface area contributed by atoms with Gasteiger partial charge in [0.2, 0.25) is 5.95 Å². The number of hydrogen-bond donors (Lipinski definition) is 3. The summed E-state index contributed by atoms with van der Waals surface area (Å²) in [7, 11) is 0. The van der Waals surface area contributed by atoms with Crippen molar-refractivity contribution < 1.29 is 5.11 Å². The Hall–Kier alpha value is -1.36. The first-order valence-corrected chi connectivity index (χ1v) is 6.12. The Morgan fingerprint density at radius 1 is 1.53 bits per heavy atom. The van der Waals surface area contributed by atoms with Crippen molar-refractivity contribution in [1.82, 2.24) is 9.97 Å². The van der Waals surface area contributed by atoms with Crippen LogP contribution < -0.4 is 11.1 Å². The molecule has 1 saturated carbocycles. The second-order valence-corrected chi connectivity index (χ2v) is 5.07. The van der Waals surface area contributed by atoms with Gasteiger partial charge in [-0.15, -0.1) is 0 Å². The average Bonchev–Trinajstić information content (AvgIpc) is 2.31. The summed E-state index contributed by atoms with van der Waals surface area (Å²) in [6.45, 7) is 2.72. The minimum absolute atomic E-state index is 0.437. The van der Waals surface area contributed by atoms with Gasteiger partial charge in [0.25, 0.3) is 0 Å². The number of aliphatic hydroxyl groups is 1. The summed E-state index contributed by atoms with van der Waals surface area (Å²) < 4.78 is 0. The third-order valence-corrected chi connectivity index (χ3v) is 3.46. The number of rotatable bonds is 3. The average molecular weight is 236 g/mol. The van der Waals surface area contributed by atoms with Crippen LogP contribution in [0.1, 0.15) is 32.6 Å². The van der Waals surface area contributed by atoms with Gasteiger partial charge in [-0.3, -0.25) is 0 Å². The number of nitrogen functional groups attached to an aromatic ring is 1. The predicted octanol–water partition coefficient (Wildman–Crippen LogP) is 1.41. The molecule has 1 heterocycles. The largest absolute Gasteiger partial charge is 0.388 e. The van der Waals surface area contributed by atoms with Crippen molar-refractivity contribution in [3.05, 3.63) is 12.3 Å². The molecule has 1 aromatic rings. The molecule has 0 atom stereocenters. The highest BCUT2D eigenvalue weighted by atomic mass is 16.3. The fraction of sp³-hybridized carbons (Fsp3) is 0.667. The smallest absolute Gasteiger partial charge is 0.224 e. The van der Waals surface area contributed by atoms with Crippen LogP contribution in [0.5, 0.6) is 0 Å². The summed E-state index contributed by atoms with van der Waals surface area (Å²) in [5.74, 6) is 1.64. The van der Waals surface area contributed by atoms with Crippen LogP contribution in [-0.4, -0.2) is 27.2 Å². The van der Waals surface area contributed by atoms with Gasteiger partial charge in [-0.2, -0.15) is 4.98 Å². The molecule has 0 radical (unpaired) electrons. The molecule has 0 bridgehead atoms. The first kappa shape index (κ1) is 12.1. The number of aromatic nitrogens is 2. The van der Waals surface area contributed by atoms with E-state index >= 15 is 0 Å². The van der Waals surface area contributed by atoms with Gasteiger partial charge in [-0.25, -0.2) is 4.98 Å². The fourth-order valence-corrected chi connectivity index (χ4v) is 2.18. The Morgan fingerprint density at radius 2 is 2.24 bits per heavy atom. The molecule has 0 amide bonds. The van der Waals surface area contributed by atoms with E-state index in [9.17, 15) is 5.11 Å².